The van der Waals surface area contributed by atoms with Crippen molar-refractivity contribution >= 4 is 11.6 Å². The van der Waals surface area contributed by atoms with Gasteiger partial charge in [0.25, 0.3) is 0 Å². The van der Waals surface area contributed by atoms with Crippen molar-refractivity contribution in [3.05, 3.63) is 71.2 Å². The quantitative estimate of drug-likeness (QED) is 0.738. The molecule has 1 aliphatic carbocycles. The smallest absolute Gasteiger partial charge is 0.183 e. The molecule has 1 atom stereocenters. The lowest BCUT2D eigenvalue weighted by atomic mass is 10.1. The lowest BCUT2D eigenvalue weighted by Gasteiger charge is -2.13. The monoisotopic (exact) mass is 336 g/mol. The number of hydrogen-bond donors (Lipinski definition) is 1. The predicted molar refractivity (Wildman–Crippen MR) is 92.4 cm³/mol. The molecule has 0 bridgehead atoms. The number of carbonyl (C=O) groups is 1. The van der Waals surface area contributed by atoms with Gasteiger partial charge in [-0.1, -0.05) is 24.3 Å². The van der Waals surface area contributed by atoms with E-state index in [2.05, 4.69) is 27.6 Å². The molecule has 0 aliphatic heterocycles. The molecular formula is C19H17FN4O. The number of benzene rings is 2. The van der Waals surface area contributed by atoms with E-state index in [9.17, 15) is 9.18 Å². The Bertz CT molecular complexity index is 933. The molecule has 126 valence electrons. The minimum atomic E-state index is -0.330. The van der Waals surface area contributed by atoms with Gasteiger partial charge in [0, 0.05) is 6.92 Å². The lowest BCUT2D eigenvalue weighted by molar-refractivity contribution is 0.101. The predicted octanol–water partition coefficient (Wildman–Crippen LogP) is 3.71. The zero-order valence-corrected chi connectivity index (χ0v) is 13.7. The summed E-state index contributed by atoms with van der Waals surface area (Å²) < 4.78 is 13.1. The molecule has 25 heavy (non-hydrogen) atoms. The molecule has 1 heterocycles. The second-order valence-electron chi connectivity index (χ2n) is 6.15. The third kappa shape index (κ3) is 2.91. The highest BCUT2D eigenvalue weighted by atomic mass is 19.1. The highest BCUT2D eigenvalue weighted by Crippen LogP contribution is 2.33. The van der Waals surface area contributed by atoms with E-state index < -0.39 is 0 Å². The van der Waals surface area contributed by atoms with Gasteiger partial charge in [-0.2, -0.15) is 0 Å². The van der Waals surface area contributed by atoms with E-state index in [4.69, 9.17) is 0 Å². The molecule has 1 aliphatic rings. The van der Waals surface area contributed by atoms with E-state index in [1.165, 1.54) is 35.0 Å². The summed E-state index contributed by atoms with van der Waals surface area (Å²) >= 11 is 0. The number of Topliss-reactive ketones (excluding diaryl/α,β-unsaturated/α-hetero) is 1. The van der Waals surface area contributed by atoms with Crippen LogP contribution in [0.5, 0.6) is 0 Å². The second-order valence-corrected chi connectivity index (χ2v) is 6.15. The molecule has 0 saturated heterocycles. The van der Waals surface area contributed by atoms with Crippen molar-refractivity contribution in [3.8, 4) is 5.69 Å². The number of anilines is 1. The molecule has 0 radical (unpaired) electrons. The van der Waals surface area contributed by atoms with E-state index in [0.717, 1.165) is 12.8 Å². The van der Waals surface area contributed by atoms with E-state index in [-0.39, 0.29) is 23.3 Å². The Morgan fingerprint density at radius 2 is 1.92 bits per heavy atom. The highest BCUT2D eigenvalue weighted by molar-refractivity contribution is 5.96. The Morgan fingerprint density at radius 1 is 1.16 bits per heavy atom. The van der Waals surface area contributed by atoms with Crippen molar-refractivity contribution in [1.82, 2.24) is 15.0 Å². The first kappa shape index (κ1) is 15.5. The maximum Gasteiger partial charge on any atom is 0.183 e. The van der Waals surface area contributed by atoms with Crippen LogP contribution in [0.3, 0.4) is 0 Å². The summed E-state index contributed by atoms with van der Waals surface area (Å²) in [5.74, 6) is -0.0377. The molecular weight excluding hydrogens is 319 g/mol. The molecule has 0 fully saturated rings. The number of fused-ring (bicyclic) bond motifs is 1. The van der Waals surface area contributed by atoms with Crippen molar-refractivity contribution < 1.29 is 9.18 Å². The summed E-state index contributed by atoms with van der Waals surface area (Å²) in [5, 5.41) is 12.1. The highest BCUT2D eigenvalue weighted by Gasteiger charge is 2.25. The molecule has 3 aromatic rings. The number of aryl methyl sites for hydroxylation is 1. The fourth-order valence-electron chi connectivity index (χ4n) is 3.20. The lowest BCUT2D eigenvalue weighted by Crippen LogP contribution is -2.10. The van der Waals surface area contributed by atoms with E-state index in [0.29, 0.717) is 11.5 Å². The van der Waals surface area contributed by atoms with Crippen LogP contribution in [-0.2, 0) is 6.42 Å². The summed E-state index contributed by atoms with van der Waals surface area (Å²) in [6.45, 7) is 1.47. The number of rotatable bonds is 4. The standard InChI is InChI=1S/C19H17FN4O/c1-12(25)18-19(21-17-11-6-13-4-2-3-5-16(13)17)23-24(22-18)15-9-7-14(20)8-10-15/h2-5,7-10,17H,6,11H2,1H3,(H,21,23)/t17-/m0/s1. The van der Waals surface area contributed by atoms with Gasteiger partial charge < -0.3 is 5.32 Å². The van der Waals surface area contributed by atoms with Gasteiger partial charge in [0.2, 0.25) is 0 Å². The Kier molecular flexibility index (Phi) is 3.80. The largest absolute Gasteiger partial charge is 0.360 e. The van der Waals surface area contributed by atoms with Gasteiger partial charge in [0.15, 0.2) is 17.3 Å². The van der Waals surface area contributed by atoms with Crippen molar-refractivity contribution in [2.24, 2.45) is 0 Å². The molecule has 6 heteroatoms. The van der Waals surface area contributed by atoms with E-state index >= 15 is 0 Å². The molecule has 0 spiro atoms. The van der Waals surface area contributed by atoms with Crippen LogP contribution >= 0.6 is 0 Å². The van der Waals surface area contributed by atoms with E-state index in [1.54, 1.807) is 12.1 Å². The number of nitrogens with one attached hydrogen (secondary N) is 1. The Morgan fingerprint density at radius 3 is 2.68 bits per heavy atom. The summed E-state index contributed by atoms with van der Waals surface area (Å²) in [4.78, 5) is 13.3. The number of ketones is 1. The topological polar surface area (TPSA) is 59.8 Å². The number of aromatic nitrogens is 3. The minimum absolute atomic E-state index is 0.104. The molecule has 1 N–H and O–H groups in total. The Hall–Kier alpha value is -3.02. The van der Waals surface area contributed by atoms with Crippen molar-refractivity contribution in [2.75, 3.05) is 5.32 Å². The number of nitrogens with zero attached hydrogens (tertiary/aromatic N) is 3. The van der Waals surface area contributed by atoms with Crippen molar-refractivity contribution in [2.45, 2.75) is 25.8 Å². The fourth-order valence-corrected chi connectivity index (χ4v) is 3.20. The van der Waals surface area contributed by atoms with Crippen LogP contribution in [0, 0.1) is 5.82 Å². The van der Waals surface area contributed by atoms with Crippen LogP contribution in [0.2, 0.25) is 0 Å². The average Bonchev–Trinajstić information content (AvgIpc) is 3.21. The van der Waals surface area contributed by atoms with Crippen molar-refractivity contribution in [3.63, 3.8) is 0 Å². The molecule has 5 nitrogen and oxygen atoms in total. The normalized spacial score (nSPS) is 15.8. The SMILES string of the molecule is CC(=O)c1nn(-c2ccc(F)cc2)nc1N[C@H]1CCc2ccccc21. The maximum atomic E-state index is 13.1. The summed E-state index contributed by atoms with van der Waals surface area (Å²) in [6.07, 6.45) is 1.94. The third-order valence-corrected chi connectivity index (χ3v) is 4.45. The summed E-state index contributed by atoms with van der Waals surface area (Å²) in [6, 6.07) is 14.2. The van der Waals surface area contributed by atoms with Crippen LogP contribution in [-0.4, -0.2) is 20.8 Å². The third-order valence-electron chi connectivity index (χ3n) is 4.45. The second kappa shape index (κ2) is 6.12. The average molecular weight is 336 g/mol. The zero-order valence-electron chi connectivity index (χ0n) is 13.7. The first-order valence-corrected chi connectivity index (χ1v) is 8.20. The molecule has 1 aromatic heterocycles. The first-order valence-electron chi connectivity index (χ1n) is 8.20. The minimum Gasteiger partial charge on any atom is -0.360 e. The first-order chi connectivity index (χ1) is 12.1. The maximum absolute atomic E-state index is 13.1. The van der Waals surface area contributed by atoms with Gasteiger partial charge in [0.05, 0.1) is 11.7 Å². The number of carbonyl (C=O) groups excluding carboxylic acids is 1. The van der Waals surface area contributed by atoms with Gasteiger partial charge in [-0.05, 0) is 48.2 Å². The fraction of sp³-hybridized carbons (Fsp3) is 0.211. The van der Waals surface area contributed by atoms with Gasteiger partial charge in [-0.3, -0.25) is 4.79 Å². The Balaban J connectivity index is 1.67. The van der Waals surface area contributed by atoms with Crippen LogP contribution in [0.4, 0.5) is 10.2 Å². The molecule has 4 rings (SSSR count). The summed E-state index contributed by atoms with van der Waals surface area (Å²) in [5.41, 5.74) is 3.43. The van der Waals surface area contributed by atoms with Crippen LogP contribution in [0.25, 0.3) is 5.69 Å². The Labute approximate surface area is 144 Å². The molecule has 0 unspecified atom stereocenters. The summed E-state index contributed by atoms with van der Waals surface area (Å²) in [7, 11) is 0. The van der Waals surface area contributed by atoms with Crippen LogP contribution in [0.15, 0.2) is 48.5 Å². The number of hydrogen-bond acceptors (Lipinski definition) is 4. The molecule has 0 saturated carbocycles. The van der Waals surface area contributed by atoms with Gasteiger partial charge in [-0.15, -0.1) is 15.0 Å². The van der Waals surface area contributed by atoms with Gasteiger partial charge in [-0.25, -0.2) is 4.39 Å². The zero-order chi connectivity index (χ0) is 17.4. The molecule has 0 amide bonds. The van der Waals surface area contributed by atoms with Crippen LogP contribution < -0.4 is 5.32 Å². The van der Waals surface area contributed by atoms with Crippen molar-refractivity contribution in [1.29, 1.82) is 0 Å². The van der Waals surface area contributed by atoms with Gasteiger partial charge in [0.1, 0.15) is 5.82 Å². The van der Waals surface area contributed by atoms with E-state index in [1.807, 2.05) is 12.1 Å². The van der Waals surface area contributed by atoms with Gasteiger partial charge >= 0.3 is 0 Å². The van der Waals surface area contributed by atoms with Crippen LogP contribution in [0.1, 0.15) is 41.0 Å². The number of halogens is 1. The molecule has 2 aromatic carbocycles.